The zero-order chi connectivity index (χ0) is 27.4. The molecule has 0 aliphatic heterocycles. The Kier molecular flexibility index (Phi) is 7.37. The van der Waals surface area contributed by atoms with Crippen molar-refractivity contribution in [1.29, 1.82) is 0 Å². The third-order valence-corrected chi connectivity index (χ3v) is 6.47. The molecule has 3 aromatic carbocycles. The Morgan fingerprint density at radius 1 is 1.00 bits per heavy atom. The highest BCUT2D eigenvalue weighted by Gasteiger charge is 2.20. The molecule has 0 saturated carbocycles. The van der Waals surface area contributed by atoms with Crippen molar-refractivity contribution in [3.8, 4) is 16.9 Å². The molecule has 0 atom stereocenters. The Hall–Kier alpha value is -4.96. The van der Waals surface area contributed by atoms with E-state index in [1.165, 1.54) is 17.7 Å². The number of aryl methyl sites for hydroxylation is 1. The van der Waals surface area contributed by atoms with E-state index >= 15 is 0 Å². The van der Waals surface area contributed by atoms with Crippen molar-refractivity contribution in [1.82, 2.24) is 15.2 Å². The van der Waals surface area contributed by atoms with Crippen LogP contribution >= 0.6 is 0 Å². The molecule has 39 heavy (non-hydrogen) atoms. The van der Waals surface area contributed by atoms with E-state index in [1.807, 2.05) is 36.4 Å². The molecular formula is C29H28FN7O2. The number of primary amides is 1. The molecule has 0 radical (unpaired) electrons. The van der Waals surface area contributed by atoms with Crippen LogP contribution in [0.3, 0.4) is 0 Å². The molecule has 0 aliphatic rings. The summed E-state index contributed by atoms with van der Waals surface area (Å²) in [6, 6.07) is 18.3. The lowest BCUT2D eigenvalue weighted by Gasteiger charge is -2.22. The number of halogens is 1. The number of pyridine rings is 1. The Morgan fingerprint density at radius 2 is 1.77 bits per heavy atom. The van der Waals surface area contributed by atoms with Gasteiger partial charge in [-0.15, -0.1) is 0 Å². The van der Waals surface area contributed by atoms with Crippen molar-refractivity contribution < 1.29 is 13.9 Å². The molecule has 5 aromatic rings. The number of hydrogen-bond acceptors (Lipinski definition) is 6. The third kappa shape index (κ3) is 5.36. The minimum Gasteiger partial charge on any atom is -0.491 e. The lowest BCUT2D eigenvalue weighted by Crippen LogP contribution is -2.32. The van der Waals surface area contributed by atoms with Gasteiger partial charge in [0.1, 0.15) is 17.1 Å². The second-order valence-electron chi connectivity index (χ2n) is 8.99. The molecule has 0 fully saturated rings. The lowest BCUT2D eigenvalue weighted by atomic mass is 10.0. The van der Waals surface area contributed by atoms with E-state index in [-0.39, 0.29) is 12.2 Å². The topological polar surface area (TPSA) is 149 Å². The largest absolute Gasteiger partial charge is 0.491 e. The van der Waals surface area contributed by atoms with E-state index in [2.05, 4.69) is 15.2 Å². The van der Waals surface area contributed by atoms with Gasteiger partial charge in [-0.1, -0.05) is 18.2 Å². The van der Waals surface area contributed by atoms with Crippen LogP contribution in [0.25, 0.3) is 22.0 Å². The first kappa shape index (κ1) is 25.7. The van der Waals surface area contributed by atoms with Crippen LogP contribution in [0.15, 0.2) is 79.1 Å². The van der Waals surface area contributed by atoms with Gasteiger partial charge in [-0.05, 0) is 83.6 Å². The number of benzene rings is 3. The van der Waals surface area contributed by atoms with Crippen molar-refractivity contribution in [3.63, 3.8) is 0 Å². The Labute approximate surface area is 224 Å². The highest BCUT2D eigenvalue weighted by Crippen LogP contribution is 2.38. The summed E-state index contributed by atoms with van der Waals surface area (Å²) in [5.74, 6) is 0.407. The van der Waals surface area contributed by atoms with E-state index in [1.54, 1.807) is 30.6 Å². The Morgan fingerprint density at radius 3 is 2.49 bits per heavy atom. The molecule has 0 aliphatic carbocycles. The number of H-pyrrole nitrogens is 1. The molecule has 7 N–H and O–H groups in total. The van der Waals surface area contributed by atoms with Crippen LogP contribution in [0.4, 0.5) is 26.4 Å². The van der Waals surface area contributed by atoms with Gasteiger partial charge >= 0.3 is 6.03 Å². The number of aromatic amines is 1. The van der Waals surface area contributed by atoms with Crippen molar-refractivity contribution in [2.24, 2.45) is 11.5 Å². The van der Waals surface area contributed by atoms with Crippen molar-refractivity contribution in [3.05, 3.63) is 96.1 Å². The van der Waals surface area contributed by atoms with Crippen LogP contribution in [0, 0.1) is 5.82 Å². The predicted octanol–water partition coefficient (Wildman–Crippen LogP) is 5.03. The third-order valence-electron chi connectivity index (χ3n) is 6.47. The fourth-order valence-corrected chi connectivity index (χ4v) is 4.53. The number of carbonyl (C=O) groups is 1. The van der Waals surface area contributed by atoms with Gasteiger partial charge in [0.25, 0.3) is 0 Å². The van der Waals surface area contributed by atoms with E-state index in [0.717, 1.165) is 34.3 Å². The van der Waals surface area contributed by atoms with Crippen molar-refractivity contribution in [2.75, 3.05) is 17.2 Å². The zero-order valence-corrected chi connectivity index (χ0v) is 21.1. The van der Waals surface area contributed by atoms with Gasteiger partial charge in [0, 0.05) is 18.9 Å². The average molecular weight is 526 g/mol. The summed E-state index contributed by atoms with van der Waals surface area (Å²) >= 11 is 0. The van der Waals surface area contributed by atoms with Crippen LogP contribution in [-0.2, 0) is 13.0 Å². The van der Waals surface area contributed by atoms with Gasteiger partial charge in [0.2, 0.25) is 0 Å². The summed E-state index contributed by atoms with van der Waals surface area (Å²) < 4.78 is 20.7. The standard InChI is InChI=1S/C29H28FN7O2/c30-23-9-3-19(17-31)16-24(23)37(29(33)38)21-6-4-20(5-7-21)22-8-10-25(27-26(22)28(32)36-35-27)39-15-1-2-18-11-13-34-14-12-18/h3-14,16H,1-2,15,17,31H2,(H2,33,38)(H3,32,35,36). The minimum atomic E-state index is -0.817. The highest BCUT2D eigenvalue weighted by molar-refractivity contribution is 6.05. The summed E-state index contributed by atoms with van der Waals surface area (Å²) in [5, 5.41) is 7.90. The van der Waals surface area contributed by atoms with E-state index in [4.69, 9.17) is 21.9 Å². The van der Waals surface area contributed by atoms with E-state index in [9.17, 15) is 9.18 Å². The average Bonchev–Trinajstić information content (AvgIpc) is 3.35. The zero-order valence-electron chi connectivity index (χ0n) is 21.1. The van der Waals surface area contributed by atoms with Gasteiger partial charge in [-0.2, -0.15) is 5.10 Å². The molecular weight excluding hydrogens is 497 g/mol. The van der Waals surface area contributed by atoms with Gasteiger partial charge in [0.05, 0.1) is 23.4 Å². The number of amides is 2. The number of nitrogens with two attached hydrogens (primary N) is 3. The number of carbonyl (C=O) groups excluding carboxylic acids is 1. The molecule has 2 amide bonds. The van der Waals surface area contributed by atoms with Crippen LogP contribution in [-0.4, -0.2) is 27.8 Å². The monoisotopic (exact) mass is 525 g/mol. The molecule has 9 nitrogen and oxygen atoms in total. The van der Waals surface area contributed by atoms with Gasteiger partial charge in [0.15, 0.2) is 5.82 Å². The fraction of sp³-hybridized carbons (Fsp3) is 0.138. The fourth-order valence-electron chi connectivity index (χ4n) is 4.53. The number of ether oxygens (including phenoxy) is 1. The molecule has 10 heteroatoms. The maximum absolute atomic E-state index is 14.6. The number of hydrogen-bond donors (Lipinski definition) is 4. The second-order valence-corrected chi connectivity index (χ2v) is 8.99. The van der Waals surface area contributed by atoms with Gasteiger partial charge in [-0.3, -0.25) is 15.0 Å². The van der Waals surface area contributed by atoms with Crippen LogP contribution in [0.5, 0.6) is 5.75 Å². The number of fused-ring (bicyclic) bond motifs is 1. The van der Waals surface area contributed by atoms with Crippen LogP contribution in [0.2, 0.25) is 0 Å². The quantitative estimate of drug-likeness (QED) is 0.198. The first-order chi connectivity index (χ1) is 19.0. The van der Waals surface area contributed by atoms with Crippen LogP contribution < -0.4 is 26.8 Å². The SMILES string of the molecule is NCc1ccc(F)c(N(C(N)=O)c2ccc(-c3ccc(OCCCc4ccncc4)c4[nH]nc(N)c34)cc2)c1. The maximum Gasteiger partial charge on any atom is 0.323 e. The highest BCUT2D eigenvalue weighted by atomic mass is 19.1. The molecule has 2 aromatic heterocycles. The van der Waals surface area contributed by atoms with Gasteiger partial charge < -0.3 is 21.9 Å². The normalized spacial score (nSPS) is 11.0. The second kappa shape index (κ2) is 11.2. The number of nitrogens with one attached hydrogen (secondary N) is 1. The number of urea groups is 1. The molecule has 5 rings (SSSR count). The predicted molar refractivity (Wildman–Crippen MR) is 150 cm³/mol. The lowest BCUT2D eigenvalue weighted by molar-refractivity contribution is 0.256. The van der Waals surface area contributed by atoms with E-state index in [0.29, 0.717) is 34.9 Å². The molecule has 2 heterocycles. The summed E-state index contributed by atoms with van der Waals surface area (Å²) in [7, 11) is 0. The molecule has 0 saturated heterocycles. The Bertz CT molecular complexity index is 1600. The number of rotatable bonds is 9. The Balaban J connectivity index is 1.40. The number of nitrogen functional groups attached to an aromatic ring is 1. The summed E-state index contributed by atoms with van der Waals surface area (Å²) in [4.78, 5) is 17.5. The maximum atomic E-state index is 14.6. The van der Waals surface area contributed by atoms with E-state index < -0.39 is 11.8 Å². The number of nitrogens with zero attached hydrogens (tertiary/aromatic N) is 3. The smallest absolute Gasteiger partial charge is 0.323 e. The van der Waals surface area contributed by atoms with Crippen LogP contribution in [0.1, 0.15) is 17.5 Å². The first-order valence-corrected chi connectivity index (χ1v) is 12.4. The minimum absolute atomic E-state index is 0.0325. The van der Waals surface area contributed by atoms with Crippen molar-refractivity contribution >= 4 is 34.1 Å². The molecule has 0 spiro atoms. The summed E-state index contributed by atoms with van der Waals surface area (Å²) in [6.45, 7) is 0.723. The van der Waals surface area contributed by atoms with Crippen molar-refractivity contribution in [2.45, 2.75) is 19.4 Å². The number of anilines is 3. The molecule has 198 valence electrons. The molecule has 0 bridgehead atoms. The summed E-state index contributed by atoms with van der Waals surface area (Å²) in [5.41, 5.74) is 22.2. The first-order valence-electron chi connectivity index (χ1n) is 12.4. The summed E-state index contributed by atoms with van der Waals surface area (Å²) in [6.07, 6.45) is 5.27. The molecule has 0 unspecified atom stereocenters. The van der Waals surface area contributed by atoms with Gasteiger partial charge in [-0.25, -0.2) is 9.18 Å². The number of aromatic nitrogens is 3.